The van der Waals surface area contributed by atoms with Gasteiger partial charge in [0.2, 0.25) is 0 Å². The average Bonchev–Trinajstić information content (AvgIpc) is 3.26. The predicted molar refractivity (Wildman–Crippen MR) is 102 cm³/mol. The Morgan fingerprint density at radius 3 is 2.48 bits per heavy atom. The molecule has 0 aromatic carbocycles. The van der Waals surface area contributed by atoms with Crippen LogP contribution in [0.2, 0.25) is 0 Å². The number of carbonyl (C=O) groups excluding carboxylic acids is 1. The number of hydrogen-bond donors (Lipinski definition) is 0. The zero-order valence-corrected chi connectivity index (χ0v) is 16.2. The number of rotatable bonds is 3. The van der Waals surface area contributed by atoms with Crippen molar-refractivity contribution in [2.75, 3.05) is 19.6 Å². The third kappa shape index (κ3) is 2.95. The number of piperazine rings is 1. The first-order chi connectivity index (χ1) is 12.1. The normalized spacial score (nSPS) is 31.6. The second-order valence-corrected chi connectivity index (χ2v) is 10.1. The van der Waals surface area contributed by atoms with Gasteiger partial charge in [0, 0.05) is 31.7 Å². The summed E-state index contributed by atoms with van der Waals surface area (Å²) in [6, 6.07) is 3.12. The van der Waals surface area contributed by atoms with Gasteiger partial charge >= 0.3 is 0 Å². The summed E-state index contributed by atoms with van der Waals surface area (Å²) in [5.41, 5.74) is 1.95. The second-order valence-electron chi connectivity index (χ2n) is 9.17. The molecule has 2 saturated carbocycles. The van der Waals surface area contributed by atoms with E-state index in [9.17, 15) is 4.79 Å². The van der Waals surface area contributed by atoms with Crippen molar-refractivity contribution in [2.24, 2.45) is 11.3 Å². The van der Waals surface area contributed by atoms with Crippen LogP contribution < -0.4 is 0 Å². The third-order valence-electron chi connectivity index (χ3n) is 7.58. The maximum absolute atomic E-state index is 13.0. The Morgan fingerprint density at radius 2 is 1.88 bits per heavy atom. The summed E-state index contributed by atoms with van der Waals surface area (Å²) in [6.07, 6.45) is 11.4. The molecule has 3 nitrogen and oxygen atoms in total. The highest BCUT2D eigenvalue weighted by molar-refractivity contribution is 7.12. The number of thiophene rings is 1. The van der Waals surface area contributed by atoms with Gasteiger partial charge in [-0.25, -0.2) is 0 Å². The predicted octanol–water partition coefficient (Wildman–Crippen LogP) is 4.32. The maximum atomic E-state index is 13.0. The van der Waals surface area contributed by atoms with Gasteiger partial charge in [0.25, 0.3) is 5.91 Å². The summed E-state index contributed by atoms with van der Waals surface area (Å²) in [7, 11) is 0. The average molecular weight is 359 g/mol. The summed E-state index contributed by atoms with van der Waals surface area (Å²) in [6.45, 7) is 5.42. The molecule has 4 heteroatoms. The molecule has 25 heavy (non-hydrogen) atoms. The van der Waals surface area contributed by atoms with E-state index in [-0.39, 0.29) is 5.91 Å². The first kappa shape index (κ1) is 16.3. The number of carbonyl (C=O) groups is 1. The first-order valence-corrected chi connectivity index (χ1v) is 11.1. The summed E-state index contributed by atoms with van der Waals surface area (Å²) in [4.78, 5) is 18.9. The van der Waals surface area contributed by atoms with E-state index in [0.29, 0.717) is 12.1 Å². The SMILES string of the molecule is Cc1ccsc1C(=O)N1CC2CCC1CN2CC1CCC2(CC1)CC2. The number of amides is 1. The van der Waals surface area contributed by atoms with Gasteiger partial charge in [-0.1, -0.05) is 0 Å². The first-order valence-electron chi connectivity index (χ1n) is 10.2. The van der Waals surface area contributed by atoms with Crippen molar-refractivity contribution in [3.8, 4) is 0 Å². The zero-order valence-electron chi connectivity index (χ0n) is 15.4. The molecule has 0 N–H and O–H groups in total. The molecule has 5 aliphatic rings. The minimum absolute atomic E-state index is 0.287. The van der Waals surface area contributed by atoms with Crippen LogP contribution in [0.3, 0.4) is 0 Å². The van der Waals surface area contributed by atoms with E-state index >= 15 is 0 Å². The van der Waals surface area contributed by atoms with Gasteiger partial charge in [-0.3, -0.25) is 9.69 Å². The minimum Gasteiger partial charge on any atom is -0.332 e. The van der Waals surface area contributed by atoms with Crippen LogP contribution in [0.15, 0.2) is 11.4 Å². The van der Waals surface area contributed by atoms with Gasteiger partial charge in [-0.2, -0.15) is 0 Å². The van der Waals surface area contributed by atoms with E-state index in [1.807, 2.05) is 5.38 Å². The molecule has 2 unspecified atom stereocenters. The van der Waals surface area contributed by atoms with Gasteiger partial charge in [0.15, 0.2) is 0 Å². The molecule has 136 valence electrons. The summed E-state index contributed by atoms with van der Waals surface area (Å²) >= 11 is 1.61. The van der Waals surface area contributed by atoms with Crippen LogP contribution in [0.4, 0.5) is 0 Å². The van der Waals surface area contributed by atoms with Crippen LogP contribution in [0.25, 0.3) is 0 Å². The van der Waals surface area contributed by atoms with E-state index in [1.54, 1.807) is 11.3 Å². The molecule has 1 aromatic rings. The maximum Gasteiger partial charge on any atom is 0.264 e. The molecule has 1 spiro atoms. The highest BCUT2D eigenvalue weighted by atomic mass is 32.1. The lowest BCUT2D eigenvalue weighted by atomic mass is 9.79. The number of aryl methyl sites for hydroxylation is 1. The summed E-state index contributed by atoms with van der Waals surface area (Å²) in [5.74, 6) is 1.20. The van der Waals surface area contributed by atoms with Gasteiger partial charge < -0.3 is 4.90 Å². The molecule has 6 rings (SSSR count). The number of nitrogens with zero attached hydrogens (tertiary/aromatic N) is 2. The highest BCUT2D eigenvalue weighted by Crippen LogP contribution is 2.57. The molecule has 5 fully saturated rings. The van der Waals surface area contributed by atoms with Crippen molar-refractivity contribution in [3.63, 3.8) is 0 Å². The van der Waals surface area contributed by atoms with Crippen molar-refractivity contribution < 1.29 is 4.79 Å². The Kier molecular flexibility index (Phi) is 3.97. The molecule has 1 aromatic heterocycles. The van der Waals surface area contributed by atoms with E-state index in [1.165, 1.54) is 57.9 Å². The van der Waals surface area contributed by atoms with Crippen molar-refractivity contribution in [2.45, 2.75) is 70.4 Å². The van der Waals surface area contributed by atoms with E-state index < -0.39 is 0 Å². The molecular weight excluding hydrogens is 328 g/mol. The molecule has 3 saturated heterocycles. The second kappa shape index (κ2) is 6.09. The smallest absolute Gasteiger partial charge is 0.264 e. The number of fused-ring (bicyclic) bond motifs is 3. The van der Waals surface area contributed by atoms with Crippen molar-refractivity contribution in [3.05, 3.63) is 21.9 Å². The number of piperidine rings is 2. The monoisotopic (exact) mass is 358 g/mol. The van der Waals surface area contributed by atoms with Crippen LogP contribution in [0, 0.1) is 18.3 Å². The Bertz CT molecular complexity index is 655. The molecule has 2 aliphatic carbocycles. The molecular formula is C21H30N2OS. The Hall–Kier alpha value is -0.870. The Labute approximate surface area is 155 Å². The van der Waals surface area contributed by atoms with E-state index in [2.05, 4.69) is 22.8 Å². The van der Waals surface area contributed by atoms with Crippen LogP contribution in [0.5, 0.6) is 0 Å². The number of hydrogen-bond acceptors (Lipinski definition) is 3. The Balaban J connectivity index is 1.21. The van der Waals surface area contributed by atoms with Crippen LogP contribution in [-0.4, -0.2) is 47.4 Å². The van der Waals surface area contributed by atoms with Crippen molar-refractivity contribution in [1.82, 2.24) is 9.80 Å². The molecule has 1 amide bonds. The highest BCUT2D eigenvalue weighted by Gasteiger charge is 2.46. The van der Waals surface area contributed by atoms with Gasteiger partial charge in [0.05, 0.1) is 4.88 Å². The Morgan fingerprint density at radius 1 is 1.12 bits per heavy atom. The molecule has 2 atom stereocenters. The lowest BCUT2D eigenvalue weighted by Crippen LogP contribution is -2.64. The molecule has 2 bridgehead atoms. The molecule has 3 aliphatic heterocycles. The van der Waals surface area contributed by atoms with Crippen LogP contribution in [0.1, 0.15) is 66.6 Å². The lowest BCUT2D eigenvalue weighted by molar-refractivity contribution is -0.0210. The lowest BCUT2D eigenvalue weighted by Gasteiger charge is -2.52. The van der Waals surface area contributed by atoms with Gasteiger partial charge in [0.1, 0.15) is 0 Å². The largest absolute Gasteiger partial charge is 0.332 e. The van der Waals surface area contributed by atoms with Gasteiger partial charge in [-0.05, 0) is 86.6 Å². The minimum atomic E-state index is 0.287. The van der Waals surface area contributed by atoms with Gasteiger partial charge in [-0.15, -0.1) is 11.3 Å². The van der Waals surface area contributed by atoms with Crippen LogP contribution >= 0.6 is 11.3 Å². The summed E-state index contributed by atoms with van der Waals surface area (Å²) in [5, 5.41) is 2.05. The molecule has 4 heterocycles. The van der Waals surface area contributed by atoms with Crippen molar-refractivity contribution in [1.29, 1.82) is 0 Å². The fourth-order valence-electron chi connectivity index (χ4n) is 5.59. The molecule has 0 radical (unpaired) electrons. The van der Waals surface area contributed by atoms with Crippen molar-refractivity contribution >= 4 is 17.2 Å². The fraction of sp³-hybridized carbons (Fsp3) is 0.762. The van der Waals surface area contributed by atoms with E-state index in [0.717, 1.165) is 34.9 Å². The fourth-order valence-corrected chi connectivity index (χ4v) is 6.47. The van der Waals surface area contributed by atoms with E-state index in [4.69, 9.17) is 0 Å². The zero-order chi connectivity index (χ0) is 17.0. The third-order valence-corrected chi connectivity index (χ3v) is 8.58. The standard InChI is InChI=1S/C21H30N2OS/c1-15-6-11-25-19(15)20(24)23-14-17-2-3-18(23)13-22(17)12-16-4-7-21(8-5-16)9-10-21/h6,11,16-18H,2-5,7-10,12-14H2,1H3. The summed E-state index contributed by atoms with van der Waals surface area (Å²) < 4.78 is 0. The van der Waals surface area contributed by atoms with Crippen LogP contribution in [-0.2, 0) is 0 Å². The quantitative estimate of drug-likeness (QED) is 0.803. The topological polar surface area (TPSA) is 23.6 Å².